The molecular weight excluding hydrogens is 257 g/mol. The van der Waals surface area contributed by atoms with E-state index in [0.29, 0.717) is 12.3 Å². The van der Waals surface area contributed by atoms with Crippen molar-refractivity contribution >= 4 is 17.5 Å². The number of carbonyl (C=O) groups is 1. The molecule has 0 aliphatic rings. The van der Waals surface area contributed by atoms with Crippen molar-refractivity contribution in [3.63, 3.8) is 0 Å². The first-order valence-electron chi connectivity index (χ1n) is 5.98. The van der Waals surface area contributed by atoms with Gasteiger partial charge in [-0.1, -0.05) is 31.4 Å². The number of benzene rings is 1. The number of unbranched alkanes of at least 4 members (excludes halogenated alkanes) is 2. The maximum atomic E-state index is 12.8. The average molecular weight is 274 g/mol. The van der Waals surface area contributed by atoms with Crippen LogP contribution in [0.3, 0.4) is 0 Å². The monoisotopic (exact) mass is 273 g/mol. The van der Waals surface area contributed by atoms with Crippen molar-refractivity contribution in [3.8, 4) is 5.75 Å². The molecule has 0 aliphatic heterocycles. The van der Waals surface area contributed by atoms with Crippen LogP contribution >= 0.6 is 11.6 Å². The third kappa shape index (κ3) is 5.36. The number of ether oxygens (including phenoxy) is 1. The van der Waals surface area contributed by atoms with E-state index in [1.165, 1.54) is 12.1 Å². The summed E-state index contributed by atoms with van der Waals surface area (Å²) in [7, 11) is 0. The lowest BCUT2D eigenvalue weighted by atomic mass is 10.2. The highest BCUT2D eigenvalue weighted by molar-refractivity contribution is 6.32. The molecule has 0 saturated carbocycles. The third-order valence-corrected chi connectivity index (χ3v) is 2.65. The van der Waals surface area contributed by atoms with E-state index in [0.717, 1.165) is 25.3 Å². The molecule has 0 bridgehead atoms. The minimum Gasteiger partial charge on any atom is -0.482 e. The molecule has 1 rings (SSSR count). The first kappa shape index (κ1) is 14.8. The summed E-state index contributed by atoms with van der Waals surface area (Å²) < 4.78 is 18.0. The lowest BCUT2D eigenvalue weighted by molar-refractivity contribution is -0.123. The third-order valence-electron chi connectivity index (χ3n) is 2.36. The molecule has 1 aromatic rings. The molecule has 100 valence electrons. The second kappa shape index (κ2) is 7.93. The number of hydrogen-bond acceptors (Lipinski definition) is 2. The van der Waals surface area contributed by atoms with Crippen LogP contribution in [-0.4, -0.2) is 19.1 Å². The molecule has 1 amide bonds. The first-order valence-corrected chi connectivity index (χ1v) is 6.36. The van der Waals surface area contributed by atoms with E-state index in [-0.39, 0.29) is 17.5 Å². The summed E-state index contributed by atoms with van der Waals surface area (Å²) in [5.41, 5.74) is 0. The molecule has 1 aromatic carbocycles. The van der Waals surface area contributed by atoms with Crippen LogP contribution < -0.4 is 10.1 Å². The zero-order valence-electron chi connectivity index (χ0n) is 10.3. The number of nitrogens with one attached hydrogen (secondary N) is 1. The van der Waals surface area contributed by atoms with Crippen LogP contribution in [0.15, 0.2) is 18.2 Å². The van der Waals surface area contributed by atoms with Crippen LogP contribution in [0.1, 0.15) is 26.2 Å². The van der Waals surface area contributed by atoms with E-state index < -0.39 is 5.82 Å². The summed E-state index contributed by atoms with van der Waals surface area (Å²) >= 11 is 5.76. The fourth-order valence-electron chi connectivity index (χ4n) is 1.39. The van der Waals surface area contributed by atoms with Gasteiger partial charge in [-0.25, -0.2) is 4.39 Å². The van der Waals surface area contributed by atoms with E-state index in [1.54, 1.807) is 0 Å². The van der Waals surface area contributed by atoms with Crippen LogP contribution in [0, 0.1) is 5.82 Å². The molecule has 0 saturated heterocycles. The van der Waals surface area contributed by atoms with Crippen molar-refractivity contribution in [1.82, 2.24) is 5.32 Å². The minimum atomic E-state index is -0.434. The van der Waals surface area contributed by atoms with Crippen molar-refractivity contribution in [3.05, 3.63) is 29.0 Å². The van der Waals surface area contributed by atoms with E-state index in [4.69, 9.17) is 16.3 Å². The van der Waals surface area contributed by atoms with E-state index >= 15 is 0 Å². The lowest BCUT2D eigenvalue weighted by Gasteiger charge is -2.08. The molecule has 0 heterocycles. The van der Waals surface area contributed by atoms with Gasteiger partial charge in [-0.3, -0.25) is 4.79 Å². The van der Waals surface area contributed by atoms with Gasteiger partial charge in [0.05, 0.1) is 5.02 Å². The van der Waals surface area contributed by atoms with Crippen LogP contribution in [0.2, 0.25) is 5.02 Å². The number of rotatable bonds is 7. The van der Waals surface area contributed by atoms with Gasteiger partial charge in [0.1, 0.15) is 11.6 Å². The molecule has 0 aromatic heterocycles. The number of carbonyl (C=O) groups excluding carboxylic acids is 1. The van der Waals surface area contributed by atoms with Gasteiger partial charge in [0.15, 0.2) is 6.61 Å². The fraction of sp³-hybridized carbons (Fsp3) is 0.462. The molecule has 5 heteroatoms. The normalized spacial score (nSPS) is 10.2. The first-order chi connectivity index (χ1) is 8.63. The van der Waals surface area contributed by atoms with Crippen molar-refractivity contribution in [1.29, 1.82) is 0 Å². The highest BCUT2D eigenvalue weighted by atomic mass is 35.5. The predicted molar refractivity (Wildman–Crippen MR) is 69.4 cm³/mol. The summed E-state index contributed by atoms with van der Waals surface area (Å²) in [6.45, 7) is 2.63. The zero-order valence-corrected chi connectivity index (χ0v) is 11.1. The van der Waals surface area contributed by atoms with E-state index in [9.17, 15) is 9.18 Å². The van der Waals surface area contributed by atoms with Crippen LogP contribution in [-0.2, 0) is 4.79 Å². The van der Waals surface area contributed by atoms with Crippen LogP contribution in [0.25, 0.3) is 0 Å². The Kier molecular flexibility index (Phi) is 6.50. The van der Waals surface area contributed by atoms with Crippen LogP contribution in [0.4, 0.5) is 4.39 Å². The Morgan fingerprint density at radius 3 is 2.89 bits per heavy atom. The van der Waals surface area contributed by atoms with Gasteiger partial charge in [-0.2, -0.15) is 0 Å². The Morgan fingerprint density at radius 1 is 1.44 bits per heavy atom. The Labute approximate surface area is 111 Å². The molecular formula is C13H17ClFNO2. The predicted octanol–water partition coefficient (Wildman–Crippen LogP) is 3.16. The molecule has 3 nitrogen and oxygen atoms in total. The second-order valence-electron chi connectivity index (χ2n) is 3.92. The van der Waals surface area contributed by atoms with Gasteiger partial charge < -0.3 is 10.1 Å². The van der Waals surface area contributed by atoms with E-state index in [2.05, 4.69) is 12.2 Å². The summed E-state index contributed by atoms with van der Waals surface area (Å²) in [4.78, 5) is 11.4. The number of halogens is 2. The zero-order chi connectivity index (χ0) is 13.4. The standard InChI is InChI=1S/C13H17ClFNO2/c1-2-3-4-7-16-13(17)9-18-12-6-5-10(15)8-11(12)14/h5-6,8H,2-4,7,9H2,1H3,(H,16,17). The van der Waals surface area contributed by atoms with Crippen molar-refractivity contribution in [2.24, 2.45) is 0 Å². The Morgan fingerprint density at radius 2 is 2.22 bits per heavy atom. The van der Waals surface area contributed by atoms with Gasteiger partial charge in [-0.15, -0.1) is 0 Å². The summed E-state index contributed by atoms with van der Waals surface area (Å²) in [5, 5.41) is 2.90. The molecule has 0 unspecified atom stereocenters. The largest absolute Gasteiger partial charge is 0.482 e. The Hall–Kier alpha value is -1.29. The van der Waals surface area contributed by atoms with Crippen molar-refractivity contribution in [2.75, 3.05) is 13.2 Å². The fourth-order valence-corrected chi connectivity index (χ4v) is 1.61. The molecule has 0 radical (unpaired) electrons. The van der Waals surface area contributed by atoms with Gasteiger partial charge in [0, 0.05) is 6.54 Å². The van der Waals surface area contributed by atoms with Gasteiger partial charge in [-0.05, 0) is 24.6 Å². The maximum absolute atomic E-state index is 12.8. The molecule has 0 spiro atoms. The highest BCUT2D eigenvalue weighted by Crippen LogP contribution is 2.24. The van der Waals surface area contributed by atoms with E-state index in [1.807, 2.05) is 0 Å². The summed E-state index contributed by atoms with van der Waals surface area (Å²) in [6, 6.07) is 3.79. The molecule has 0 fully saturated rings. The number of hydrogen-bond donors (Lipinski definition) is 1. The second-order valence-corrected chi connectivity index (χ2v) is 4.33. The van der Waals surface area contributed by atoms with Gasteiger partial charge in [0.25, 0.3) is 5.91 Å². The summed E-state index contributed by atoms with van der Waals surface area (Å²) in [6.07, 6.45) is 3.15. The quantitative estimate of drug-likeness (QED) is 0.775. The lowest BCUT2D eigenvalue weighted by Crippen LogP contribution is -2.29. The smallest absolute Gasteiger partial charge is 0.257 e. The van der Waals surface area contributed by atoms with Gasteiger partial charge in [0.2, 0.25) is 0 Å². The molecule has 0 atom stereocenters. The van der Waals surface area contributed by atoms with Crippen molar-refractivity contribution in [2.45, 2.75) is 26.2 Å². The molecule has 18 heavy (non-hydrogen) atoms. The maximum Gasteiger partial charge on any atom is 0.257 e. The average Bonchev–Trinajstić information content (AvgIpc) is 2.33. The Bertz CT molecular complexity index is 399. The number of amides is 1. The van der Waals surface area contributed by atoms with Crippen LogP contribution in [0.5, 0.6) is 5.75 Å². The molecule has 1 N–H and O–H groups in total. The highest BCUT2D eigenvalue weighted by Gasteiger charge is 2.06. The van der Waals surface area contributed by atoms with Gasteiger partial charge >= 0.3 is 0 Å². The summed E-state index contributed by atoms with van der Waals surface area (Å²) in [5.74, 6) is -0.329. The minimum absolute atomic E-state index is 0.114. The topological polar surface area (TPSA) is 38.3 Å². The molecule has 0 aliphatic carbocycles. The SMILES string of the molecule is CCCCCNC(=O)COc1ccc(F)cc1Cl. The Balaban J connectivity index is 2.29. The van der Waals surface area contributed by atoms with Crippen molar-refractivity contribution < 1.29 is 13.9 Å².